The largest absolute Gasteiger partial charge is 0.495 e. The van der Waals surface area contributed by atoms with Gasteiger partial charge in [0, 0.05) is 6.54 Å². The zero-order valence-electron chi connectivity index (χ0n) is 10.3. The highest BCUT2D eigenvalue weighted by Gasteiger charge is 2.03. The Bertz CT molecular complexity index is 313. The van der Waals surface area contributed by atoms with Crippen LogP contribution in [0.15, 0.2) is 18.2 Å². The van der Waals surface area contributed by atoms with Crippen LogP contribution in [0.25, 0.3) is 0 Å². The zero-order valence-corrected chi connectivity index (χ0v) is 10.3. The maximum absolute atomic E-state index is 5.95. The van der Waals surface area contributed by atoms with E-state index in [9.17, 15) is 0 Å². The van der Waals surface area contributed by atoms with Crippen LogP contribution in [0.5, 0.6) is 5.75 Å². The average Bonchev–Trinajstić information content (AvgIpc) is 2.31. The SMILES string of the molecule is CCCCCCNc1cccc(OC)c1N. The van der Waals surface area contributed by atoms with Gasteiger partial charge in [-0.2, -0.15) is 0 Å². The van der Waals surface area contributed by atoms with Gasteiger partial charge in [-0.25, -0.2) is 0 Å². The number of ether oxygens (including phenoxy) is 1. The Morgan fingerprint density at radius 1 is 1.25 bits per heavy atom. The number of nitrogen functional groups attached to an aromatic ring is 1. The fourth-order valence-electron chi connectivity index (χ4n) is 1.65. The molecule has 90 valence electrons. The highest BCUT2D eigenvalue weighted by Crippen LogP contribution is 2.28. The van der Waals surface area contributed by atoms with E-state index in [1.54, 1.807) is 7.11 Å². The van der Waals surface area contributed by atoms with E-state index in [4.69, 9.17) is 10.5 Å². The summed E-state index contributed by atoms with van der Waals surface area (Å²) in [6.45, 7) is 3.19. The van der Waals surface area contributed by atoms with Gasteiger partial charge in [0.15, 0.2) is 0 Å². The van der Waals surface area contributed by atoms with E-state index in [-0.39, 0.29) is 0 Å². The predicted octanol–water partition coefficient (Wildman–Crippen LogP) is 3.27. The molecule has 0 spiro atoms. The molecule has 0 bridgehead atoms. The van der Waals surface area contributed by atoms with Crippen molar-refractivity contribution in [3.8, 4) is 5.75 Å². The second-order valence-electron chi connectivity index (χ2n) is 3.91. The summed E-state index contributed by atoms with van der Waals surface area (Å²) in [7, 11) is 1.64. The van der Waals surface area contributed by atoms with Crippen molar-refractivity contribution in [3.63, 3.8) is 0 Å². The molecule has 0 radical (unpaired) electrons. The molecule has 0 aliphatic heterocycles. The van der Waals surface area contributed by atoms with Gasteiger partial charge in [0.2, 0.25) is 0 Å². The summed E-state index contributed by atoms with van der Waals surface area (Å²) >= 11 is 0. The lowest BCUT2D eigenvalue weighted by Crippen LogP contribution is -2.05. The number of hydrogen-bond acceptors (Lipinski definition) is 3. The minimum absolute atomic E-state index is 0.695. The van der Waals surface area contributed by atoms with Crippen LogP contribution in [0, 0.1) is 0 Å². The Morgan fingerprint density at radius 2 is 2.06 bits per heavy atom. The highest BCUT2D eigenvalue weighted by molar-refractivity contribution is 5.72. The molecule has 0 fully saturated rings. The minimum Gasteiger partial charge on any atom is -0.495 e. The number of methoxy groups -OCH3 is 1. The zero-order chi connectivity index (χ0) is 11.8. The molecule has 0 heterocycles. The van der Waals surface area contributed by atoms with Gasteiger partial charge in [0.05, 0.1) is 18.5 Å². The lowest BCUT2D eigenvalue weighted by Gasteiger charge is -2.11. The predicted molar refractivity (Wildman–Crippen MR) is 70.0 cm³/mol. The molecule has 0 aliphatic carbocycles. The first-order chi connectivity index (χ1) is 7.79. The van der Waals surface area contributed by atoms with E-state index in [1.165, 1.54) is 25.7 Å². The van der Waals surface area contributed by atoms with Gasteiger partial charge >= 0.3 is 0 Å². The number of unbranched alkanes of at least 4 members (excludes halogenated alkanes) is 3. The van der Waals surface area contributed by atoms with Crippen molar-refractivity contribution in [3.05, 3.63) is 18.2 Å². The molecule has 0 atom stereocenters. The second-order valence-corrected chi connectivity index (χ2v) is 3.91. The van der Waals surface area contributed by atoms with Crippen LogP contribution in [0.3, 0.4) is 0 Å². The summed E-state index contributed by atoms with van der Waals surface area (Å²) in [4.78, 5) is 0. The third-order valence-electron chi connectivity index (χ3n) is 2.63. The van der Waals surface area contributed by atoms with Gasteiger partial charge in [0.1, 0.15) is 5.75 Å². The molecular weight excluding hydrogens is 200 g/mol. The van der Waals surface area contributed by atoms with Gasteiger partial charge in [-0.3, -0.25) is 0 Å². The maximum Gasteiger partial charge on any atom is 0.143 e. The molecule has 0 unspecified atom stereocenters. The number of hydrogen-bond donors (Lipinski definition) is 2. The summed E-state index contributed by atoms with van der Waals surface area (Å²) in [5.74, 6) is 0.735. The first-order valence-corrected chi connectivity index (χ1v) is 5.96. The van der Waals surface area contributed by atoms with Crippen LogP contribution in [-0.2, 0) is 0 Å². The minimum atomic E-state index is 0.695. The molecule has 3 N–H and O–H groups in total. The first kappa shape index (κ1) is 12.7. The van der Waals surface area contributed by atoms with Gasteiger partial charge in [-0.1, -0.05) is 32.3 Å². The van der Waals surface area contributed by atoms with Gasteiger partial charge in [-0.15, -0.1) is 0 Å². The lowest BCUT2D eigenvalue weighted by molar-refractivity contribution is 0.417. The number of nitrogens with one attached hydrogen (secondary N) is 1. The van der Waals surface area contributed by atoms with Crippen LogP contribution >= 0.6 is 0 Å². The summed E-state index contributed by atoms with van der Waals surface area (Å²) in [5, 5.41) is 3.34. The third-order valence-corrected chi connectivity index (χ3v) is 2.63. The van der Waals surface area contributed by atoms with E-state index in [1.807, 2.05) is 18.2 Å². The highest BCUT2D eigenvalue weighted by atomic mass is 16.5. The van der Waals surface area contributed by atoms with Crippen molar-refractivity contribution in [2.24, 2.45) is 0 Å². The summed E-state index contributed by atoms with van der Waals surface area (Å²) in [6, 6.07) is 5.80. The molecule has 0 amide bonds. The normalized spacial score (nSPS) is 10.1. The lowest BCUT2D eigenvalue weighted by atomic mass is 10.2. The van der Waals surface area contributed by atoms with Crippen molar-refractivity contribution in [2.45, 2.75) is 32.6 Å². The number of rotatable bonds is 7. The fourth-order valence-corrected chi connectivity index (χ4v) is 1.65. The Hall–Kier alpha value is -1.38. The molecule has 0 aliphatic rings. The Labute approximate surface area is 98.0 Å². The molecule has 1 aromatic rings. The van der Waals surface area contributed by atoms with E-state index in [2.05, 4.69) is 12.2 Å². The van der Waals surface area contributed by atoms with Gasteiger partial charge in [-0.05, 0) is 18.6 Å². The molecule has 0 aromatic heterocycles. The Morgan fingerprint density at radius 3 is 2.75 bits per heavy atom. The standard InChI is InChI=1S/C13H22N2O/c1-3-4-5-6-10-15-11-8-7-9-12(16-2)13(11)14/h7-9,15H,3-6,10,14H2,1-2H3. The molecular formula is C13H22N2O. The van der Waals surface area contributed by atoms with Crippen LogP contribution < -0.4 is 15.8 Å². The number of benzene rings is 1. The van der Waals surface area contributed by atoms with Crippen molar-refractivity contribution < 1.29 is 4.74 Å². The Balaban J connectivity index is 2.41. The average molecular weight is 222 g/mol. The summed E-state index contributed by atoms with van der Waals surface area (Å²) < 4.78 is 5.17. The first-order valence-electron chi connectivity index (χ1n) is 5.96. The molecule has 3 heteroatoms. The second kappa shape index (κ2) is 6.99. The van der Waals surface area contributed by atoms with E-state index in [0.29, 0.717) is 5.69 Å². The molecule has 16 heavy (non-hydrogen) atoms. The van der Waals surface area contributed by atoms with Crippen molar-refractivity contribution in [1.82, 2.24) is 0 Å². The number of nitrogens with two attached hydrogens (primary N) is 1. The number of para-hydroxylation sites is 1. The molecule has 3 nitrogen and oxygen atoms in total. The molecule has 0 saturated heterocycles. The Kier molecular flexibility index (Phi) is 5.54. The maximum atomic E-state index is 5.95. The smallest absolute Gasteiger partial charge is 0.143 e. The molecule has 1 aromatic carbocycles. The van der Waals surface area contributed by atoms with E-state index < -0.39 is 0 Å². The third kappa shape index (κ3) is 3.65. The summed E-state index contributed by atoms with van der Waals surface area (Å²) in [5.41, 5.74) is 7.61. The van der Waals surface area contributed by atoms with Crippen LogP contribution in [0.4, 0.5) is 11.4 Å². The quantitative estimate of drug-likeness (QED) is 0.550. The van der Waals surface area contributed by atoms with E-state index in [0.717, 1.165) is 18.0 Å². The van der Waals surface area contributed by atoms with Crippen LogP contribution in [0.2, 0.25) is 0 Å². The fraction of sp³-hybridized carbons (Fsp3) is 0.538. The van der Waals surface area contributed by atoms with Crippen molar-refractivity contribution in [2.75, 3.05) is 24.7 Å². The van der Waals surface area contributed by atoms with Crippen LogP contribution in [-0.4, -0.2) is 13.7 Å². The summed E-state index contributed by atoms with van der Waals surface area (Å²) in [6.07, 6.45) is 5.02. The number of anilines is 2. The topological polar surface area (TPSA) is 47.3 Å². The van der Waals surface area contributed by atoms with Gasteiger partial charge in [0.25, 0.3) is 0 Å². The van der Waals surface area contributed by atoms with Crippen molar-refractivity contribution in [1.29, 1.82) is 0 Å². The molecule has 1 rings (SSSR count). The van der Waals surface area contributed by atoms with E-state index >= 15 is 0 Å². The monoisotopic (exact) mass is 222 g/mol. The van der Waals surface area contributed by atoms with Crippen LogP contribution in [0.1, 0.15) is 32.6 Å². The van der Waals surface area contributed by atoms with Crippen molar-refractivity contribution >= 4 is 11.4 Å². The van der Waals surface area contributed by atoms with Gasteiger partial charge < -0.3 is 15.8 Å². The molecule has 0 saturated carbocycles.